The molecule has 5 aliphatic heterocycles. The standard InChI is InChI=1S/C38H50O11/c1-36(2)41-23-27(46-36)28-31(33-35(44-28)49-37(3,4)47-33)45-34-32(40-21-25-16-10-6-11-17-25)30(39-20-24-14-8-5-9-15-24)29-26(43-34)22-42-38(48-29)18-12-7-13-19-38/h5-6,8-11,14-17,26-35H,7,12-13,18-23H2,1-4H3/t26-,27-,28-,29-,30+,31+,32+,33-,34+,35-/m1/s1. The van der Waals surface area contributed by atoms with E-state index in [0.29, 0.717) is 26.4 Å². The summed E-state index contributed by atoms with van der Waals surface area (Å²) in [6.07, 6.45) is -0.740. The maximum absolute atomic E-state index is 7.02. The van der Waals surface area contributed by atoms with Crippen molar-refractivity contribution in [3.05, 3.63) is 71.8 Å². The molecule has 6 fully saturated rings. The Balaban J connectivity index is 1.11. The first-order valence-corrected chi connectivity index (χ1v) is 17.9. The van der Waals surface area contributed by atoms with E-state index in [4.69, 9.17) is 52.1 Å². The van der Waals surface area contributed by atoms with Crippen LogP contribution in [-0.4, -0.2) is 92.0 Å². The van der Waals surface area contributed by atoms with Crippen LogP contribution in [0.3, 0.4) is 0 Å². The highest BCUT2D eigenvalue weighted by Gasteiger charge is 2.62. The number of fused-ring (bicyclic) bond motifs is 2. The number of ether oxygens (including phenoxy) is 11. The van der Waals surface area contributed by atoms with Crippen LogP contribution in [-0.2, 0) is 65.3 Å². The van der Waals surface area contributed by atoms with Crippen molar-refractivity contribution in [3.63, 3.8) is 0 Å². The monoisotopic (exact) mass is 682 g/mol. The van der Waals surface area contributed by atoms with Gasteiger partial charge >= 0.3 is 0 Å². The van der Waals surface area contributed by atoms with Gasteiger partial charge in [0.05, 0.1) is 26.4 Å². The Morgan fingerprint density at radius 1 is 0.592 bits per heavy atom. The fraction of sp³-hybridized carbons (Fsp3) is 0.684. The van der Waals surface area contributed by atoms with Crippen molar-refractivity contribution in [1.82, 2.24) is 0 Å². The van der Waals surface area contributed by atoms with Gasteiger partial charge in [0.15, 0.2) is 29.9 Å². The minimum absolute atomic E-state index is 0.329. The Bertz CT molecular complexity index is 1380. The summed E-state index contributed by atoms with van der Waals surface area (Å²) in [6, 6.07) is 20.2. The molecular formula is C38H50O11. The van der Waals surface area contributed by atoms with Crippen LogP contribution in [0.15, 0.2) is 60.7 Å². The van der Waals surface area contributed by atoms with E-state index in [-0.39, 0.29) is 0 Å². The molecule has 268 valence electrons. The summed E-state index contributed by atoms with van der Waals surface area (Å²) in [7, 11) is 0. The molecule has 2 aromatic rings. The van der Waals surface area contributed by atoms with Crippen LogP contribution in [0.25, 0.3) is 0 Å². The van der Waals surface area contributed by atoms with Gasteiger partial charge in [-0.15, -0.1) is 0 Å². The number of hydrogen-bond acceptors (Lipinski definition) is 11. The number of benzene rings is 2. The van der Waals surface area contributed by atoms with Crippen molar-refractivity contribution in [2.75, 3.05) is 13.2 Å². The second-order valence-electron chi connectivity index (χ2n) is 15.0. The van der Waals surface area contributed by atoms with Crippen LogP contribution >= 0.6 is 0 Å². The molecule has 1 saturated carbocycles. The fourth-order valence-corrected chi connectivity index (χ4v) is 8.02. The molecule has 2 aromatic carbocycles. The third-order valence-corrected chi connectivity index (χ3v) is 10.4. The molecule has 1 spiro atoms. The molecule has 0 N–H and O–H groups in total. The second kappa shape index (κ2) is 13.9. The fourth-order valence-electron chi connectivity index (χ4n) is 8.02. The van der Waals surface area contributed by atoms with E-state index in [1.165, 1.54) is 6.42 Å². The molecule has 10 atom stereocenters. The molecule has 0 bridgehead atoms. The van der Waals surface area contributed by atoms with E-state index in [1.807, 2.05) is 76.2 Å². The number of rotatable bonds is 9. The molecule has 11 nitrogen and oxygen atoms in total. The smallest absolute Gasteiger partial charge is 0.190 e. The lowest BCUT2D eigenvalue weighted by atomic mass is 9.90. The average Bonchev–Trinajstić information content (AvgIpc) is 3.72. The molecule has 6 aliphatic rings. The van der Waals surface area contributed by atoms with Crippen molar-refractivity contribution >= 4 is 0 Å². The van der Waals surface area contributed by atoms with Gasteiger partial charge in [0, 0.05) is 12.8 Å². The topological polar surface area (TPSA) is 102 Å². The maximum Gasteiger partial charge on any atom is 0.190 e. The Morgan fingerprint density at radius 3 is 1.90 bits per heavy atom. The van der Waals surface area contributed by atoms with E-state index < -0.39 is 78.8 Å². The zero-order valence-corrected chi connectivity index (χ0v) is 28.9. The van der Waals surface area contributed by atoms with Crippen LogP contribution < -0.4 is 0 Å². The first-order valence-electron chi connectivity index (χ1n) is 17.9. The normalized spacial score (nSPS) is 39.1. The minimum atomic E-state index is -0.879. The lowest BCUT2D eigenvalue weighted by Gasteiger charge is -2.53. The molecule has 5 saturated heterocycles. The maximum atomic E-state index is 7.02. The molecule has 11 heteroatoms. The first-order chi connectivity index (χ1) is 23.7. The summed E-state index contributed by atoms with van der Waals surface area (Å²) < 4.78 is 72.2. The van der Waals surface area contributed by atoms with Crippen molar-refractivity contribution in [2.45, 2.75) is 152 Å². The van der Waals surface area contributed by atoms with Crippen LogP contribution in [0.1, 0.15) is 70.9 Å². The highest BCUT2D eigenvalue weighted by Crippen LogP contribution is 2.46. The second-order valence-corrected chi connectivity index (χ2v) is 15.0. The zero-order valence-electron chi connectivity index (χ0n) is 28.9. The molecule has 0 aromatic heterocycles. The highest BCUT2D eigenvalue weighted by atomic mass is 16.9. The average molecular weight is 683 g/mol. The molecule has 0 amide bonds. The Labute approximate surface area is 288 Å². The van der Waals surface area contributed by atoms with Crippen LogP contribution in [0.5, 0.6) is 0 Å². The van der Waals surface area contributed by atoms with Crippen molar-refractivity contribution in [2.24, 2.45) is 0 Å². The van der Waals surface area contributed by atoms with Gasteiger partial charge in [0.25, 0.3) is 0 Å². The zero-order chi connectivity index (χ0) is 33.6. The molecule has 5 heterocycles. The van der Waals surface area contributed by atoms with Gasteiger partial charge in [-0.2, -0.15) is 0 Å². The summed E-state index contributed by atoms with van der Waals surface area (Å²) in [5, 5.41) is 0. The lowest BCUT2D eigenvalue weighted by molar-refractivity contribution is -0.408. The predicted molar refractivity (Wildman–Crippen MR) is 174 cm³/mol. The van der Waals surface area contributed by atoms with E-state index in [0.717, 1.165) is 36.8 Å². The first kappa shape index (κ1) is 34.1. The van der Waals surface area contributed by atoms with Crippen molar-refractivity contribution in [3.8, 4) is 0 Å². The third-order valence-electron chi connectivity index (χ3n) is 10.4. The lowest BCUT2D eigenvalue weighted by Crippen LogP contribution is -2.67. The molecular weight excluding hydrogens is 632 g/mol. The summed E-state index contributed by atoms with van der Waals surface area (Å²) in [4.78, 5) is 0. The molecule has 49 heavy (non-hydrogen) atoms. The summed E-state index contributed by atoms with van der Waals surface area (Å²) in [5.74, 6) is -2.26. The van der Waals surface area contributed by atoms with Gasteiger partial charge in [-0.25, -0.2) is 0 Å². The van der Waals surface area contributed by atoms with E-state index in [1.54, 1.807) is 0 Å². The van der Waals surface area contributed by atoms with Gasteiger partial charge in [0.1, 0.15) is 48.8 Å². The molecule has 0 unspecified atom stereocenters. The predicted octanol–water partition coefficient (Wildman–Crippen LogP) is 5.37. The minimum Gasteiger partial charge on any atom is -0.368 e. The molecule has 8 rings (SSSR count). The van der Waals surface area contributed by atoms with Crippen molar-refractivity contribution in [1.29, 1.82) is 0 Å². The Hall–Kier alpha value is -2.00. The van der Waals surface area contributed by atoms with Gasteiger partial charge in [-0.3, -0.25) is 0 Å². The van der Waals surface area contributed by atoms with Crippen LogP contribution in [0.4, 0.5) is 0 Å². The summed E-state index contributed by atoms with van der Waals surface area (Å²) in [5.41, 5.74) is 2.08. The molecule has 0 radical (unpaired) electrons. The third kappa shape index (κ3) is 7.36. The highest BCUT2D eigenvalue weighted by molar-refractivity contribution is 5.15. The van der Waals surface area contributed by atoms with Gasteiger partial charge in [-0.1, -0.05) is 67.1 Å². The van der Waals surface area contributed by atoms with E-state index in [9.17, 15) is 0 Å². The SMILES string of the molecule is CC1(C)O[C@H]2O[C@H]([C@H]3COC(C)(C)O3)[C@H](O[C@@H]3O[C@@H]4COC5(CCCCC5)O[C@H]4[C@H](OCc4ccccc4)[C@@H]3OCc3ccccc3)[C@H]2O1. The Kier molecular flexibility index (Phi) is 9.64. The van der Waals surface area contributed by atoms with Gasteiger partial charge in [0.2, 0.25) is 0 Å². The van der Waals surface area contributed by atoms with E-state index in [2.05, 4.69) is 12.1 Å². The largest absolute Gasteiger partial charge is 0.368 e. The van der Waals surface area contributed by atoms with Crippen LogP contribution in [0, 0.1) is 0 Å². The molecule has 1 aliphatic carbocycles. The van der Waals surface area contributed by atoms with Crippen LogP contribution in [0.2, 0.25) is 0 Å². The van der Waals surface area contributed by atoms with Gasteiger partial charge < -0.3 is 52.1 Å². The van der Waals surface area contributed by atoms with Crippen molar-refractivity contribution < 1.29 is 52.1 Å². The summed E-state index contributed by atoms with van der Waals surface area (Å²) >= 11 is 0. The Morgan fingerprint density at radius 2 is 1.24 bits per heavy atom. The number of hydrogen-bond donors (Lipinski definition) is 0. The van der Waals surface area contributed by atoms with Gasteiger partial charge in [-0.05, 0) is 51.7 Å². The van der Waals surface area contributed by atoms with E-state index >= 15 is 0 Å². The quantitative estimate of drug-likeness (QED) is 0.341. The summed E-state index contributed by atoms with van der Waals surface area (Å²) in [6.45, 7) is 8.94.